The fourth-order valence-electron chi connectivity index (χ4n) is 1.98. The molecule has 1 N–H and O–H groups in total. The molecule has 3 atom stereocenters. The van der Waals surface area contributed by atoms with E-state index < -0.39 is 0 Å². The van der Waals surface area contributed by atoms with Crippen LogP contribution in [-0.4, -0.2) is 25.7 Å². The lowest BCUT2D eigenvalue weighted by atomic mass is 9.97. The van der Waals surface area contributed by atoms with Crippen LogP contribution in [0.15, 0.2) is 0 Å². The van der Waals surface area contributed by atoms with Crippen LogP contribution in [0, 0.1) is 11.8 Å². The molecule has 0 spiro atoms. The Labute approximate surface area is 66.1 Å². The molecular weight excluding hydrogens is 142 g/mol. The quantitative estimate of drug-likeness (QED) is 0.548. The van der Waals surface area contributed by atoms with Crippen molar-refractivity contribution in [3.63, 3.8) is 0 Å². The van der Waals surface area contributed by atoms with Gasteiger partial charge in [-0.05, 0) is 25.3 Å². The first kappa shape index (κ1) is 7.10. The molecule has 0 aromatic rings. The third-order valence-electron chi connectivity index (χ3n) is 2.72. The zero-order chi connectivity index (χ0) is 7.84. The minimum Gasteiger partial charge on any atom is -0.469 e. The molecule has 0 radical (unpaired) electrons. The van der Waals surface area contributed by atoms with E-state index in [9.17, 15) is 4.79 Å². The number of esters is 1. The van der Waals surface area contributed by atoms with E-state index in [4.69, 9.17) is 4.74 Å². The van der Waals surface area contributed by atoms with E-state index in [0.29, 0.717) is 12.0 Å². The summed E-state index contributed by atoms with van der Waals surface area (Å²) >= 11 is 0. The van der Waals surface area contributed by atoms with Crippen LogP contribution in [0.4, 0.5) is 0 Å². The second-order valence-corrected chi connectivity index (χ2v) is 3.38. The van der Waals surface area contributed by atoms with Gasteiger partial charge in [-0.25, -0.2) is 0 Å². The normalized spacial score (nSPS) is 41.0. The highest BCUT2D eigenvalue weighted by Crippen LogP contribution is 2.42. The number of piperidine rings is 1. The molecule has 2 rings (SSSR count). The second-order valence-electron chi connectivity index (χ2n) is 3.38. The number of fused-ring (bicyclic) bond motifs is 1. The van der Waals surface area contributed by atoms with Crippen molar-refractivity contribution in [3.05, 3.63) is 0 Å². The summed E-state index contributed by atoms with van der Waals surface area (Å²) in [4.78, 5) is 11.2. The van der Waals surface area contributed by atoms with E-state index in [1.807, 2.05) is 0 Å². The molecule has 3 unspecified atom stereocenters. The average molecular weight is 155 g/mol. The summed E-state index contributed by atoms with van der Waals surface area (Å²) in [6.07, 6.45) is 2.12. The smallest absolute Gasteiger partial charge is 0.309 e. The maximum atomic E-state index is 11.2. The van der Waals surface area contributed by atoms with Crippen molar-refractivity contribution >= 4 is 5.97 Å². The Morgan fingerprint density at radius 1 is 1.64 bits per heavy atom. The molecule has 1 heterocycles. The highest BCUT2D eigenvalue weighted by Gasteiger charge is 2.48. The summed E-state index contributed by atoms with van der Waals surface area (Å²) in [7, 11) is 1.47. The summed E-state index contributed by atoms with van der Waals surface area (Å²) in [6, 6.07) is 0.618. The zero-order valence-corrected chi connectivity index (χ0v) is 6.67. The lowest BCUT2D eigenvalue weighted by molar-refractivity contribution is -0.146. The van der Waals surface area contributed by atoms with Crippen LogP contribution in [-0.2, 0) is 9.53 Å². The number of ether oxygens (including phenoxy) is 1. The molecule has 1 saturated heterocycles. The predicted molar refractivity (Wildman–Crippen MR) is 40.0 cm³/mol. The minimum atomic E-state index is -0.0148. The van der Waals surface area contributed by atoms with Crippen molar-refractivity contribution in [2.45, 2.75) is 18.9 Å². The lowest BCUT2D eigenvalue weighted by Crippen LogP contribution is -2.33. The number of rotatable bonds is 1. The molecule has 2 aliphatic rings. The van der Waals surface area contributed by atoms with Crippen molar-refractivity contribution < 1.29 is 9.53 Å². The number of carbonyl (C=O) groups excluding carboxylic acids is 1. The fourth-order valence-corrected chi connectivity index (χ4v) is 1.98. The Kier molecular flexibility index (Phi) is 1.60. The molecule has 0 bridgehead atoms. The topological polar surface area (TPSA) is 38.3 Å². The molecule has 0 aromatic carbocycles. The maximum Gasteiger partial charge on any atom is 0.309 e. The molecular formula is C8H13NO2. The van der Waals surface area contributed by atoms with Crippen LogP contribution in [0.3, 0.4) is 0 Å². The van der Waals surface area contributed by atoms with Gasteiger partial charge in [-0.1, -0.05) is 0 Å². The zero-order valence-electron chi connectivity index (χ0n) is 6.67. The van der Waals surface area contributed by atoms with Gasteiger partial charge in [-0.15, -0.1) is 0 Å². The molecule has 0 amide bonds. The molecule has 1 saturated carbocycles. The van der Waals surface area contributed by atoms with Gasteiger partial charge in [0.25, 0.3) is 0 Å². The van der Waals surface area contributed by atoms with E-state index in [1.165, 1.54) is 13.5 Å². The van der Waals surface area contributed by atoms with Crippen LogP contribution in [0.25, 0.3) is 0 Å². The predicted octanol–water partition coefficient (Wildman–Crippen LogP) is 0.157. The molecule has 3 heteroatoms. The highest BCUT2D eigenvalue weighted by atomic mass is 16.5. The van der Waals surface area contributed by atoms with E-state index in [0.717, 1.165) is 13.0 Å². The van der Waals surface area contributed by atoms with Gasteiger partial charge >= 0.3 is 5.97 Å². The third-order valence-corrected chi connectivity index (χ3v) is 2.72. The molecule has 1 aliphatic heterocycles. The van der Waals surface area contributed by atoms with Gasteiger partial charge < -0.3 is 10.1 Å². The molecule has 0 aromatic heterocycles. The van der Waals surface area contributed by atoms with E-state index in [2.05, 4.69) is 5.32 Å². The van der Waals surface area contributed by atoms with Crippen molar-refractivity contribution in [2.75, 3.05) is 13.7 Å². The van der Waals surface area contributed by atoms with Gasteiger partial charge in [0.2, 0.25) is 0 Å². The Balaban J connectivity index is 1.97. The number of hydrogen-bond donors (Lipinski definition) is 1. The van der Waals surface area contributed by atoms with Gasteiger partial charge in [0.15, 0.2) is 0 Å². The number of hydrogen-bond acceptors (Lipinski definition) is 3. The summed E-state index contributed by atoms with van der Waals surface area (Å²) in [5.74, 6) is 0.751. The number of methoxy groups -OCH3 is 1. The van der Waals surface area contributed by atoms with Crippen LogP contribution in [0.5, 0.6) is 0 Å². The minimum absolute atomic E-state index is 0.0148. The largest absolute Gasteiger partial charge is 0.469 e. The molecule has 2 fully saturated rings. The van der Waals surface area contributed by atoms with Gasteiger partial charge in [0, 0.05) is 6.04 Å². The van der Waals surface area contributed by atoms with E-state index in [-0.39, 0.29) is 11.9 Å². The SMILES string of the molecule is COC(=O)C1CCNC2CC21. The third kappa shape index (κ3) is 1.13. The Morgan fingerprint density at radius 2 is 2.45 bits per heavy atom. The average Bonchev–Trinajstić information content (AvgIpc) is 2.80. The summed E-state index contributed by atoms with van der Waals surface area (Å²) in [6.45, 7) is 0.973. The first-order valence-electron chi connectivity index (χ1n) is 4.14. The summed E-state index contributed by atoms with van der Waals surface area (Å²) in [5, 5.41) is 3.36. The van der Waals surface area contributed by atoms with E-state index in [1.54, 1.807) is 0 Å². The first-order chi connectivity index (χ1) is 5.33. The Morgan fingerprint density at radius 3 is 3.18 bits per heavy atom. The van der Waals surface area contributed by atoms with Crippen molar-refractivity contribution in [3.8, 4) is 0 Å². The molecule has 1 aliphatic carbocycles. The summed E-state index contributed by atoms with van der Waals surface area (Å²) in [5.41, 5.74) is 0. The standard InChI is InChI=1S/C8H13NO2/c1-11-8(10)5-2-3-9-7-4-6(5)7/h5-7,9H,2-4H2,1H3. The molecule has 62 valence electrons. The monoisotopic (exact) mass is 155 g/mol. The van der Waals surface area contributed by atoms with Crippen molar-refractivity contribution in [1.82, 2.24) is 5.32 Å². The van der Waals surface area contributed by atoms with Crippen LogP contribution < -0.4 is 5.32 Å². The molecule has 3 nitrogen and oxygen atoms in total. The Hall–Kier alpha value is -0.570. The van der Waals surface area contributed by atoms with Crippen molar-refractivity contribution in [2.24, 2.45) is 11.8 Å². The van der Waals surface area contributed by atoms with Gasteiger partial charge in [-0.3, -0.25) is 4.79 Å². The Bertz CT molecular complexity index is 181. The van der Waals surface area contributed by atoms with Crippen molar-refractivity contribution in [1.29, 1.82) is 0 Å². The van der Waals surface area contributed by atoms with E-state index >= 15 is 0 Å². The lowest BCUT2D eigenvalue weighted by Gasteiger charge is -2.19. The number of carbonyl (C=O) groups is 1. The summed E-state index contributed by atoms with van der Waals surface area (Å²) < 4.78 is 4.72. The fraction of sp³-hybridized carbons (Fsp3) is 0.875. The second kappa shape index (κ2) is 2.48. The maximum absolute atomic E-state index is 11.2. The van der Waals surface area contributed by atoms with Gasteiger partial charge in [0.1, 0.15) is 0 Å². The first-order valence-corrected chi connectivity index (χ1v) is 4.14. The van der Waals surface area contributed by atoms with Crippen LogP contribution in [0.1, 0.15) is 12.8 Å². The van der Waals surface area contributed by atoms with Crippen LogP contribution in [0.2, 0.25) is 0 Å². The highest BCUT2D eigenvalue weighted by molar-refractivity contribution is 5.73. The van der Waals surface area contributed by atoms with Crippen LogP contribution >= 0.6 is 0 Å². The van der Waals surface area contributed by atoms with Gasteiger partial charge in [0.05, 0.1) is 13.0 Å². The number of nitrogens with one attached hydrogen (secondary N) is 1. The molecule has 11 heavy (non-hydrogen) atoms. The van der Waals surface area contributed by atoms with Gasteiger partial charge in [-0.2, -0.15) is 0 Å².